The molecule has 1 aliphatic carbocycles. The van der Waals surface area contributed by atoms with Gasteiger partial charge in [0.2, 0.25) is 5.78 Å². The minimum absolute atomic E-state index is 0.0148. The van der Waals surface area contributed by atoms with Gasteiger partial charge in [-0.05, 0) is 51.4 Å². The van der Waals surface area contributed by atoms with Crippen molar-refractivity contribution in [3.05, 3.63) is 0 Å². The van der Waals surface area contributed by atoms with E-state index in [0.29, 0.717) is 31.6 Å². The van der Waals surface area contributed by atoms with Gasteiger partial charge >= 0.3 is 11.9 Å². The first-order valence-electron chi connectivity index (χ1n) is 13.8. The van der Waals surface area contributed by atoms with Crippen LogP contribution in [0.1, 0.15) is 124 Å². The fourth-order valence-corrected chi connectivity index (χ4v) is 4.97. The molecule has 3 atom stereocenters. The highest BCUT2D eigenvalue weighted by Crippen LogP contribution is 2.37. The molecule has 7 heteroatoms. The second-order valence-corrected chi connectivity index (χ2v) is 11.0. The Labute approximate surface area is 210 Å². The molecular weight excluding hydrogens is 454 g/mol. The summed E-state index contributed by atoms with van der Waals surface area (Å²) in [5.74, 6) is -4.86. The van der Waals surface area contributed by atoms with Crippen molar-refractivity contribution in [3.63, 3.8) is 0 Å². The fraction of sp³-hybridized carbons (Fsp3) is 0.893. The predicted molar refractivity (Wildman–Crippen MR) is 133 cm³/mol. The Morgan fingerprint density at radius 2 is 1.57 bits per heavy atom. The number of carbonyl (C=O) groups is 3. The second-order valence-electron chi connectivity index (χ2n) is 11.0. The summed E-state index contributed by atoms with van der Waals surface area (Å²) in [5, 5.41) is 10.3. The zero-order valence-electron chi connectivity index (χ0n) is 22.3. The standard InChI is InChI=1S/C28H48F2O5/c1-20(2)13-11-12-18-28(29,30)26(33)17-16-23-22(24(31)19-25(23)32)14-9-7-5-6-8-10-15-27(34)35-21(3)4/h20-23,25,32H,5-19H2,1-4H3. The molecule has 204 valence electrons. The van der Waals surface area contributed by atoms with Gasteiger partial charge in [-0.2, -0.15) is 8.78 Å². The normalized spacial score (nSPS) is 20.7. The first kappa shape index (κ1) is 31.7. The highest BCUT2D eigenvalue weighted by atomic mass is 19.3. The molecule has 0 bridgehead atoms. The molecule has 35 heavy (non-hydrogen) atoms. The van der Waals surface area contributed by atoms with Crippen LogP contribution in [0.4, 0.5) is 8.78 Å². The van der Waals surface area contributed by atoms with Gasteiger partial charge in [-0.3, -0.25) is 14.4 Å². The third-order valence-electron chi connectivity index (χ3n) is 6.98. The van der Waals surface area contributed by atoms with Crippen LogP contribution in [0.25, 0.3) is 0 Å². The van der Waals surface area contributed by atoms with E-state index in [2.05, 4.69) is 0 Å². The number of unbranched alkanes of at least 4 members (excludes halogenated alkanes) is 6. The van der Waals surface area contributed by atoms with Crippen molar-refractivity contribution < 1.29 is 33.0 Å². The van der Waals surface area contributed by atoms with Crippen molar-refractivity contribution >= 4 is 17.5 Å². The second kappa shape index (κ2) is 16.4. The van der Waals surface area contributed by atoms with Crippen molar-refractivity contribution in [2.75, 3.05) is 0 Å². The number of ketones is 2. The average molecular weight is 503 g/mol. The highest BCUT2D eigenvalue weighted by Gasteiger charge is 2.43. The number of ether oxygens (including phenoxy) is 1. The summed E-state index contributed by atoms with van der Waals surface area (Å²) in [6.07, 6.45) is 7.02. The quantitative estimate of drug-likeness (QED) is 0.155. The van der Waals surface area contributed by atoms with Crippen LogP contribution in [0, 0.1) is 17.8 Å². The van der Waals surface area contributed by atoms with Crippen LogP contribution in [-0.4, -0.2) is 40.8 Å². The first-order chi connectivity index (χ1) is 16.4. The molecule has 0 aromatic rings. The van der Waals surface area contributed by atoms with E-state index < -0.39 is 30.1 Å². The summed E-state index contributed by atoms with van der Waals surface area (Å²) in [4.78, 5) is 36.1. The zero-order chi connectivity index (χ0) is 26.4. The number of hydrogen-bond donors (Lipinski definition) is 1. The van der Waals surface area contributed by atoms with Crippen LogP contribution < -0.4 is 0 Å². The minimum Gasteiger partial charge on any atom is -0.463 e. The van der Waals surface area contributed by atoms with E-state index >= 15 is 0 Å². The Kier molecular flexibility index (Phi) is 14.8. The highest BCUT2D eigenvalue weighted by molar-refractivity contribution is 5.86. The van der Waals surface area contributed by atoms with Gasteiger partial charge in [0.15, 0.2) is 0 Å². The van der Waals surface area contributed by atoms with Gasteiger partial charge in [0.25, 0.3) is 0 Å². The first-order valence-corrected chi connectivity index (χ1v) is 13.8. The van der Waals surface area contributed by atoms with E-state index in [1.54, 1.807) is 0 Å². The molecule has 0 saturated heterocycles. The van der Waals surface area contributed by atoms with Crippen LogP contribution in [0.3, 0.4) is 0 Å². The van der Waals surface area contributed by atoms with Crippen LogP contribution in [0.2, 0.25) is 0 Å². The number of alkyl halides is 2. The maximum absolute atomic E-state index is 14.3. The lowest BCUT2D eigenvalue weighted by atomic mass is 9.85. The molecule has 0 spiro atoms. The van der Waals surface area contributed by atoms with E-state index in [1.807, 2.05) is 27.7 Å². The summed E-state index contributed by atoms with van der Waals surface area (Å²) in [6.45, 7) is 7.75. The molecule has 5 nitrogen and oxygen atoms in total. The molecule has 0 heterocycles. The molecular formula is C28H48F2O5. The molecule has 3 unspecified atom stereocenters. The maximum atomic E-state index is 14.3. The lowest BCUT2D eigenvalue weighted by Gasteiger charge is -2.22. The van der Waals surface area contributed by atoms with Gasteiger partial charge in [-0.25, -0.2) is 0 Å². The van der Waals surface area contributed by atoms with Crippen LogP contribution >= 0.6 is 0 Å². The molecule has 0 aromatic heterocycles. The van der Waals surface area contributed by atoms with Crippen LogP contribution in [0.5, 0.6) is 0 Å². The van der Waals surface area contributed by atoms with Crippen molar-refractivity contribution in [2.45, 2.75) is 142 Å². The summed E-state index contributed by atoms with van der Waals surface area (Å²) in [7, 11) is 0. The Bertz CT molecular complexity index is 647. The number of hydrogen-bond acceptors (Lipinski definition) is 5. The van der Waals surface area contributed by atoms with Gasteiger partial charge in [0.05, 0.1) is 12.2 Å². The van der Waals surface area contributed by atoms with Gasteiger partial charge in [0.1, 0.15) is 5.78 Å². The SMILES string of the molecule is CC(C)CCCCC(F)(F)C(=O)CCC1C(O)CC(=O)C1CCCCCCCCC(=O)OC(C)C. The Morgan fingerprint density at radius 3 is 2.20 bits per heavy atom. The number of carbonyl (C=O) groups excluding carboxylic acids is 3. The smallest absolute Gasteiger partial charge is 0.306 e. The minimum atomic E-state index is -3.33. The van der Waals surface area contributed by atoms with E-state index in [1.165, 1.54) is 0 Å². The van der Waals surface area contributed by atoms with E-state index in [4.69, 9.17) is 4.74 Å². The predicted octanol–water partition coefficient (Wildman–Crippen LogP) is 6.83. The summed E-state index contributed by atoms with van der Waals surface area (Å²) < 4.78 is 33.6. The molecule has 0 aliphatic heterocycles. The Morgan fingerprint density at radius 1 is 0.943 bits per heavy atom. The lowest BCUT2D eigenvalue weighted by molar-refractivity contribution is -0.147. The van der Waals surface area contributed by atoms with E-state index in [-0.39, 0.29) is 43.0 Å². The maximum Gasteiger partial charge on any atom is 0.306 e. The lowest BCUT2D eigenvalue weighted by Crippen LogP contribution is -2.30. The average Bonchev–Trinajstić information content (AvgIpc) is 3.02. The monoisotopic (exact) mass is 502 g/mol. The van der Waals surface area contributed by atoms with Gasteiger partial charge in [-0.15, -0.1) is 0 Å². The summed E-state index contributed by atoms with van der Waals surface area (Å²) in [5.41, 5.74) is 0. The number of halogens is 2. The topological polar surface area (TPSA) is 80.7 Å². The third kappa shape index (κ3) is 12.9. The molecule has 1 rings (SSSR count). The molecule has 0 amide bonds. The number of Topliss-reactive ketones (excluding diaryl/α,β-unsaturated/α-hetero) is 2. The largest absolute Gasteiger partial charge is 0.463 e. The van der Waals surface area contributed by atoms with Gasteiger partial charge < -0.3 is 9.84 Å². The Hall–Kier alpha value is -1.37. The summed E-state index contributed by atoms with van der Waals surface area (Å²) in [6, 6.07) is 0. The van der Waals surface area contributed by atoms with E-state index in [0.717, 1.165) is 44.9 Å². The molecule has 1 fully saturated rings. The van der Waals surface area contributed by atoms with Gasteiger partial charge in [-0.1, -0.05) is 58.8 Å². The van der Waals surface area contributed by atoms with Crippen molar-refractivity contribution in [1.29, 1.82) is 0 Å². The number of esters is 1. The molecule has 0 aromatic carbocycles. The van der Waals surface area contributed by atoms with Crippen molar-refractivity contribution in [2.24, 2.45) is 17.8 Å². The Balaban J connectivity index is 2.31. The van der Waals surface area contributed by atoms with Crippen molar-refractivity contribution in [1.82, 2.24) is 0 Å². The fourth-order valence-electron chi connectivity index (χ4n) is 4.97. The summed E-state index contributed by atoms with van der Waals surface area (Å²) >= 11 is 0. The van der Waals surface area contributed by atoms with Crippen LogP contribution in [0.15, 0.2) is 0 Å². The molecule has 1 saturated carbocycles. The molecule has 1 N–H and O–H groups in total. The number of aliphatic hydroxyl groups is 1. The van der Waals surface area contributed by atoms with Gasteiger partial charge in [0, 0.05) is 31.6 Å². The molecule has 0 radical (unpaired) electrons. The zero-order valence-corrected chi connectivity index (χ0v) is 22.3. The number of rotatable bonds is 19. The molecule has 1 aliphatic rings. The van der Waals surface area contributed by atoms with E-state index in [9.17, 15) is 28.3 Å². The number of aliphatic hydroxyl groups excluding tert-OH is 1. The van der Waals surface area contributed by atoms with Crippen molar-refractivity contribution in [3.8, 4) is 0 Å². The third-order valence-corrected chi connectivity index (χ3v) is 6.98. The van der Waals surface area contributed by atoms with Crippen LogP contribution in [-0.2, 0) is 19.1 Å².